The van der Waals surface area contributed by atoms with Gasteiger partial charge in [-0.2, -0.15) is 0 Å². The van der Waals surface area contributed by atoms with Crippen LogP contribution in [0.25, 0.3) is 0 Å². The van der Waals surface area contributed by atoms with E-state index in [1.165, 1.54) is 0 Å². The number of amides is 2. The standard InChI is InChI=1S/C16H21N3O2S/c1-10-5-6-14(21-4)13(7-10)12(3)19-16(20)17-8-15-18-11(2)9-22-15/h5-7,9,12H,8H2,1-4H3,(H2,17,19,20)/t12-/m1/s1. The van der Waals surface area contributed by atoms with Gasteiger partial charge in [0.1, 0.15) is 10.8 Å². The molecule has 2 N–H and O–H groups in total. The van der Waals surface area contributed by atoms with Gasteiger partial charge in [-0.1, -0.05) is 17.7 Å². The van der Waals surface area contributed by atoms with E-state index in [0.717, 1.165) is 27.6 Å². The van der Waals surface area contributed by atoms with E-state index in [9.17, 15) is 4.79 Å². The van der Waals surface area contributed by atoms with Crippen molar-refractivity contribution < 1.29 is 9.53 Å². The number of urea groups is 1. The zero-order chi connectivity index (χ0) is 16.1. The normalized spacial score (nSPS) is 11.8. The van der Waals surface area contributed by atoms with Crippen molar-refractivity contribution in [1.82, 2.24) is 15.6 Å². The fourth-order valence-electron chi connectivity index (χ4n) is 2.16. The molecule has 0 saturated heterocycles. The number of carbonyl (C=O) groups is 1. The smallest absolute Gasteiger partial charge is 0.315 e. The van der Waals surface area contributed by atoms with E-state index in [1.807, 2.05) is 44.4 Å². The Kier molecular flexibility index (Phi) is 5.38. The third-order valence-corrected chi connectivity index (χ3v) is 4.23. The molecule has 2 rings (SSSR count). The summed E-state index contributed by atoms with van der Waals surface area (Å²) in [5.74, 6) is 0.772. The first-order valence-corrected chi connectivity index (χ1v) is 7.97. The van der Waals surface area contributed by atoms with Crippen LogP contribution < -0.4 is 15.4 Å². The molecule has 1 aromatic carbocycles. The highest BCUT2D eigenvalue weighted by atomic mass is 32.1. The summed E-state index contributed by atoms with van der Waals surface area (Å²) in [5, 5.41) is 8.61. The molecular formula is C16H21N3O2S. The fourth-order valence-corrected chi connectivity index (χ4v) is 2.87. The Morgan fingerprint density at radius 1 is 1.41 bits per heavy atom. The number of ether oxygens (including phenoxy) is 1. The Bertz CT molecular complexity index is 655. The third kappa shape index (κ3) is 4.21. The summed E-state index contributed by atoms with van der Waals surface area (Å²) >= 11 is 1.54. The number of aryl methyl sites for hydroxylation is 2. The van der Waals surface area contributed by atoms with Gasteiger partial charge in [-0.25, -0.2) is 9.78 Å². The van der Waals surface area contributed by atoms with Gasteiger partial charge in [0.25, 0.3) is 0 Å². The lowest BCUT2D eigenvalue weighted by molar-refractivity contribution is 0.237. The second kappa shape index (κ2) is 7.26. The lowest BCUT2D eigenvalue weighted by Crippen LogP contribution is -2.36. The highest BCUT2D eigenvalue weighted by Crippen LogP contribution is 2.25. The number of methoxy groups -OCH3 is 1. The SMILES string of the molecule is COc1ccc(C)cc1[C@@H](C)NC(=O)NCc1nc(C)cs1. The van der Waals surface area contributed by atoms with Crippen LogP contribution in [0.1, 0.15) is 34.8 Å². The van der Waals surface area contributed by atoms with Gasteiger partial charge >= 0.3 is 6.03 Å². The molecule has 2 amide bonds. The predicted molar refractivity (Wildman–Crippen MR) is 88.4 cm³/mol. The van der Waals surface area contributed by atoms with E-state index in [-0.39, 0.29) is 12.1 Å². The maximum atomic E-state index is 12.0. The van der Waals surface area contributed by atoms with Crippen LogP contribution in [0.3, 0.4) is 0 Å². The first kappa shape index (κ1) is 16.3. The van der Waals surface area contributed by atoms with Crippen molar-refractivity contribution in [2.45, 2.75) is 33.4 Å². The van der Waals surface area contributed by atoms with Crippen LogP contribution in [0.4, 0.5) is 4.79 Å². The molecule has 118 valence electrons. The molecule has 0 saturated carbocycles. The molecule has 0 radical (unpaired) electrons. The van der Waals surface area contributed by atoms with Crippen LogP contribution in [0, 0.1) is 13.8 Å². The van der Waals surface area contributed by atoms with Crippen molar-refractivity contribution in [3.63, 3.8) is 0 Å². The zero-order valence-corrected chi connectivity index (χ0v) is 14.1. The highest BCUT2D eigenvalue weighted by molar-refractivity contribution is 7.09. The average Bonchev–Trinajstić information content (AvgIpc) is 2.90. The van der Waals surface area contributed by atoms with Crippen molar-refractivity contribution in [2.24, 2.45) is 0 Å². The molecule has 0 aliphatic heterocycles. The van der Waals surface area contributed by atoms with E-state index < -0.39 is 0 Å². The summed E-state index contributed by atoms with van der Waals surface area (Å²) in [7, 11) is 1.63. The Labute approximate surface area is 134 Å². The summed E-state index contributed by atoms with van der Waals surface area (Å²) in [5.41, 5.74) is 3.06. The molecule has 0 spiro atoms. The number of nitrogens with zero attached hydrogens (tertiary/aromatic N) is 1. The molecule has 1 atom stereocenters. The maximum absolute atomic E-state index is 12.0. The summed E-state index contributed by atoms with van der Waals surface area (Å²) < 4.78 is 5.36. The Morgan fingerprint density at radius 2 is 2.18 bits per heavy atom. The predicted octanol–water partition coefficient (Wildman–Crippen LogP) is 3.33. The molecule has 5 nitrogen and oxygen atoms in total. The molecule has 6 heteroatoms. The van der Waals surface area contributed by atoms with Gasteiger partial charge in [-0.3, -0.25) is 0 Å². The summed E-state index contributed by atoms with van der Waals surface area (Å²) in [6.07, 6.45) is 0. The molecule has 0 fully saturated rings. The Balaban J connectivity index is 1.94. The zero-order valence-electron chi connectivity index (χ0n) is 13.3. The third-order valence-electron chi connectivity index (χ3n) is 3.27. The van der Waals surface area contributed by atoms with Gasteiger partial charge in [0.2, 0.25) is 0 Å². The average molecular weight is 319 g/mol. The molecule has 0 aliphatic rings. The number of benzene rings is 1. The van der Waals surface area contributed by atoms with Crippen LogP contribution in [-0.4, -0.2) is 18.1 Å². The van der Waals surface area contributed by atoms with Crippen molar-refractivity contribution in [3.05, 3.63) is 45.4 Å². The number of hydrogen-bond donors (Lipinski definition) is 2. The first-order chi connectivity index (χ1) is 10.5. The second-order valence-corrected chi connectivity index (χ2v) is 6.12. The number of nitrogens with one attached hydrogen (secondary N) is 2. The highest BCUT2D eigenvalue weighted by Gasteiger charge is 2.14. The van der Waals surface area contributed by atoms with Gasteiger partial charge in [0.05, 0.1) is 19.7 Å². The summed E-state index contributed by atoms with van der Waals surface area (Å²) in [6.45, 7) is 6.32. The molecule has 22 heavy (non-hydrogen) atoms. The van der Waals surface area contributed by atoms with Gasteiger partial charge in [0, 0.05) is 16.6 Å². The minimum atomic E-state index is -0.219. The van der Waals surface area contributed by atoms with Crippen LogP contribution in [0.2, 0.25) is 0 Å². The topological polar surface area (TPSA) is 63.2 Å². The quantitative estimate of drug-likeness (QED) is 0.888. The molecule has 0 bridgehead atoms. The van der Waals surface area contributed by atoms with Crippen molar-refractivity contribution in [2.75, 3.05) is 7.11 Å². The minimum Gasteiger partial charge on any atom is -0.496 e. The van der Waals surface area contributed by atoms with Crippen molar-refractivity contribution in [3.8, 4) is 5.75 Å². The van der Waals surface area contributed by atoms with E-state index in [0.29, 0.717) is 6.54 Å². The first-order valence-electron chi connectivity index (χ1n) is 7.09. The molecule has 2 aromatic rings. The number of carbonyl (C=O) groups excluding carboxylic acids is 1. The summed E-state index contributed by atoms with van der Waals surface area (Å²) in [4.78, 5) is 16.3. The van der Waals surface area contributed by atoms with Crippen LogP contribution in [0.15, 0.2) is 23.6 Å². The Hall–Kier alpha value is -2.08. The van der Waals surface area contributed by atoms with E-state index in [2.05, 4.69) is 15.6 Å². The Morgan fingerprint density at radius 3 is 2.82 bits per heavy atom. The second-order valence-electron chi connectivity index (χ2n) is 5.18. The molecule has 0 aliphatic carbocycles. The number of hydrogen-bond acceptors (Lipinski definition) is 4. The number of rotatable bonds is 5. The monoisotopic (exact) mass is 319 g/mol. The van der Waals surface area contributed by atoms with Crippen molar-refractivity contribution in [1.29, 1.82) is 0 Å². The lowest BCUT2D eigenvalue weighted by Gasteiger charge is -2.18. The minimum absolute atomic E-state index is 0.145. The maximum Gasteiger partial charge on any atom is 0.315 e. The number of aromatic nitrogens is 1. The van der Waals surface area contributed by atoms with E-state index in [4.69, 9.17) is 4.74 Å². The van der Waals surface area contributed by atoms with Gasteiger partial charge in [0.15, 0.2) is 0 Å². The molecular weight excluding hydrogens is 298 g/mol. The van der Waals surface area contributed by atoms with Crippen molar-refractivity contribution >= 4 is 17.4 Å². The number of thiazole rings is 1. The van der Waals surface area contributed by atoms with E-state index in [1.54, 1.807) is 18.4 Å². The van der Waals surface area contributed by atoms with Gasteiger partial charge in [-0.15, -0.1) is 11.3 Å². The lowest BCUT2D eigenvalue weighted by atomic mass is 10.0. The van der Waals surface area contributed by atoms with Crippen LogP contribution in [0.5, 0.6) is 5.75 Å². The molecule has 1 aromatic heterocycles. The fraction of sp³-hybridized carbons (Fsp3) is 0.375. The van der Waals surface area contributed by atoms with Crippen LogP contribution >= 0.6 is 11.3 Å². The molecule has 0 unspecified atom stereocenters. The van der Waals surface area contributed by atoms with Crippen LogP contribution in [-0.2, 0) is 6.54 Å². The summed E-state index contributed by atoms with van der Waals surface area (Å²) in [6, 6.07) is 5.56. The van der Waals surface area contributed by atoms with Gasteiger partial charge < -0.3 is 15.4 Å². The van der Waals surface area contributed by atoms with Gasteiger partial charge in [-0.05, 0) is 26.8 Å². The largest absolute Gasteiger partial charge is 0.496 e. The molecule has 1 heterocycles. The van der Waals surface area contributed by atoms with E-state index >= 15 is 0 Å².